The number of nitrogens with one attached hydrogen (secondary N) is 1. The van der Waals surface area contributed by atoms with E-state index in [4.69, 9.17) is 5.11 Å². The molecule has 5 rings (SSSR count). The van der Waals surface area contributed by atoms with Crippen LogP contribution in [0.4, 0.5) is 23.4 Å². The molecular weight excluding hydrogens is 438 g/mol. The van der Waals surface area contributed by atoms with Crippen molar-refractivity contribution in [2.45, 2.75) is 37.4 Å². The van der Waals surface area contributed by atoms with Gasteiger partial charge >= 0.3 is 12.1 Å². The highest BCUT2D eigenvalue weighted by atomic mass is 19.4. The maximum absolute atomic E-state index is 14.8. The number of carboxylic acid groups (broad SMARTS) is 1. The number of aliphatic carboxylic acids is 1. The van der Waals surface area contributed by atoms with E-state index in [2.05, 4.69) is 15.3 Å². The number of hydrogen-bond acceptors (Lipinski definition) is 4. The molecule has 2 aliphatic carbocycles. The van der Waals surface area contributed by atoms with Gasteiger partial charge in [0.05, 0.1) is 35.6 Å². The molecule has 1 saturated carbocycles. The average Bonchev–Trinajstić information content (AvgIpc) is 3.48. The molecule has 1 fully saturated rings. The SMILES string of the molecule is O=C(O)[C@H]1C[C@@H]1c1cnc(N[C@@H]2CCc3c(-c4ccccc4C(F)(F)F)ccc(F)c32)cn1. The fourth-order valence-electron chi connectivity index (χ4n) is 4.65. The number of hydrogen-bond donors (Lipinski definition) is 2. The van der Waals surface area contributed by atoms with E-state index < -0.39 is 35.5 Å². The van der Waals surface area contributed by atoms with Gasteiger partial charge in [0.15, 0.2) is 0 Å². The molecule has 3 aromatic rings. The summed E-state index contributed by atoms with van der Waals surface area (Å²) in [4.78, 5) is 19.6. The third kappa shape index (κ3) is 3.92. The Bertz CT molecular complexity index is 1230. The van der Waals surface area contributed by atoms with Gasteiger partial charge in [-0.3, -0.25) is 9.78 Å². The zero-order chi connectivity index (χ0) is 23.3. The van der Waals surface area contributed by atoms with Gasteiger partial charge in [0.2, 0.25) is 0 Å². The number of alkyl halides is 3. The number of carboxylic acids is 1. The van der Waals surface area contributed by atoms with Gasteiger partial charge in [-0.05, 0) is 48.1 Å². The van der Waals surface area contributed by atoms with Crippen molar-refractivity contribution in [1.29, 1.82) is 0 Å². The zero-order valence-electron chi connectivity index (χ0n) is 17.2. The Kier molecular flexibility index (Phi) is 5.07. The van der Waals surface area contributed by atoms with Gasteiger partial charge in [0.25, 0.3) is 0 Å². The van der Waals surface area contributed by atoms with E-state index in [1.165, 1.54) is 42.7 Å². The van der Waals surface area contributed by atoms with Crippen LogP contribution in [0.1, 0.15) is 47.2 Å². The Morgan fingerprint density at radius 1 is 1.06 bits per heavy atom. The molecule has 0 saturated heterocycles. The number of carbonyl (C=O) groups is 1. The number of rotatable bonds is 5. The fourth-order valence-corrected chi connectivity index (χ4v) is 4.65. The van der Waals surface area contributed by atoms with E-state index in [1.807, 2.05) is 0 Å². The Labute approximate surface area is 186 Å². The van der Waals surface area contributed by atoms with Crippen molar-refractivity contribution in [3.63, 3.8) is 0 Å². The van der Waals surface area contributed by atoms with Crippen LogP contribution in [0.3, 0.4) is 0 Å². The maximum atomic E-state index is 14.8. The Balaban J connectivity index is 1.43. The zero-order valence-corrected chi connectivity index (χ0v) is 17.2. The molecule has 1 heterocycles. The maximum Gasteiger partial charge on any atom is 0.417 e. The second-order valence-electron chi connectivity index (χ2n) is 8.38. The van der Waals surface area contributed by atoms with Gasteiger partial charge in [-0.25, -0.2) is 9.37 Å². The molecule has 0 unspecified atom stereocenters. The van der Waals surface area contributed by atoms with Gasteiger partial charge < -0.3 is 10.4 Å². The average molecular weight is 457 g/mol. The van der Waals surface area contributed by atoms with Crippen LogP contribution in [0.2, 0.25) is 0 Å². The van der Waals surface area contributed by atoms with E-state index in [1.54, 1.807) is 0 Å². The summed E-state index contributed by atoms with van der Waals surface area (Å²) in [7, 11) is 0. The highest BCUT2D eigenvalue weighted by Gasteiger charge is 2.45. The van der Waals surface area contributed by atoms with Crippen LogP contribution in [-0.4, -0.2) is 21.0 Å². The van der Waals surface area contributed by atoms with Crippen molar-refractivity contribution < 1.29 is 27.5 Å². The molecule has 170 valence electrons. The predicted molar refractivity (Wildman–Crippen MR) is 112 cm³/mol. The van der Waals surface area contributed by atoms with Crippen molar-refractivity contribution in [2.24, 2.45) is 5.92 Å². The smallest absolute Gasteiger partial charge is 0.417 e. The monoisotopic (exact) mass is 457 g/mol. The second kappa shape index (κ2) is 7.83. The van der Waals surface area contributed by atoms with Gasteiger partial charge in [0, 0.05) is 11.5 Å². The standard InChI is InChI=1S/C24H19F4N3O2/c25-18-7-5-12(13-3-1-2-4-17(13)24(26,27)28)14-6-8-19(22(14)18)31-21-11-29-20(10-30-21)15-9-16(15)23(32)33/h1-5,7,10-11,15-16,19H,6,8-9H2,(H,30,31)(H,32,33)/t15-,16-,19+/m0/s1. The van der Waals surface area contributed by atoms with Crippen molar-refractivity contribution in [1.82, 2.24) is 9.97 Å². The molecular formula is C24H19F4N3O2. The predicted octanol–water partition coefficient (Wildman–Crippen LogP) is 5.59. The van der Waals surface area contributed by atoms with Crippen LogP contribution >= 0.6 is 0 Å². The number of aromatic nitrogens is 2. The first kappa shape index (κ1) is 21.4. The van der Waals surface area contributed by atoms with Crippen molar-refractivity contribution in [2.75, 3.05) is 5.32 Å². The van der Waals surface area contributed by atoms with E-state index in [9.17, 15) is 22.4 Å². The minimum absolute atomic E-state index is 0.0310. The lowest BCUT2D eigenvalue weighted by Crippen LogP contribution is -2.11. The number of anilines is 1. The molecule has 1 aromatic heterocycles. The van der Waals surface area contributed by atoms with E-state index in [0.29, 0.717) is 47.5 Å². The highest BCUT2D eigenvalue weighted by Crippen LogP contribution is 2.47. The van der Waals surface area contributed by atoms with Crippen LogP contribution in [0.5, 0.6) is 0 Å². The number of benzene rings is 2. The molecule has 0 bridgehead atoms. The molecule has 0 spiro atoms. The van der Waals surface area contributed by atoms with Crippen LogP contribution < -0.4 is 5.32 Å². The number of fused-ring (bicyclic) bond motifs is 1. The van der Waals surface area contributed by atoms with Crippen LogP contribution in [0.25, 0.3) is 11.1 Å². The Morgan fingerprint density at radius 3 is 2.52 bits per heavy atom. The number of nitrogens with zero attached hydrogens (tertiary/aromatic N) is 2. The summed E-state index contributed by atoms with van der Waals surface area (Å²) >= 11 is 0. The molecule has 2 aliphatic rings. The molecule has 0 amide bonds. The topological polar surface area (TPSA) is 75.1 Å². The molecule has 3 atom stereocenters. The Morgan fingerprint density at radius 2 is 1.85 bits per heavy atom. The molecule has 2 aromatic carbocycles. The Hall–Kier alpha value is -3.49. The van der Waals surface area contributed by atoms with Crippen LogP contribution in [-0.2, 0) is 17.4 Å². The van der Waals surface area contributed by atoms with Crippen molar-refractivity contribution in [3.8, 4) is 11.1 Å². The van der Waals surface area contributed by atoms with Crippen molar-refractivity contribution in [3.05, 3.63) is 77.0 Å². The molecule has 9 heteroatoms. The molecule has 33 heavy (non-hydrogen) atoms. The summed E-state index contributed by atoms with van der Waals surface area (Å²) < 4.78 is 55.5. The minimum Gasteiger partial charge on any atom is -0.481 e. The quantitative estimate of drug-likeness (QED) is 0.489. The van der Waals surface area contributed by atoms with Gasteiger partial charge in [0.1, 0.15) is 11.6 Å². The normalized spacial score (nSPS) is 21.5. The first-order chi connectivity index (χ1) is 15.7. The summed E-state index contributed by atoms with van der Waals surface area (Å²) in [6, 6.07) is 7.45. The lowest BCUT2D eigenvalue weighted by molar-refractivity contribution is -0.139. The molecule has 0 aliphatic heterocycles. The van der Waals surface area contributed by atoms with Crippen LogP contribution in [0.15, 0.2) is 48.8 Å². The third-order valence-corrected chi connectivity index (χ3v) is 6.34. The van der Waals surface area contributed by atoms with Gasteiger partial charge in [-0.1, -0.05) is 24.3 Å². The van der Waals surface area contributed by atoms with E-state index in [-0.39, 0.29) is 11.5 Å². The highest BCUT2D eigenvalue weighted by molar-refractivity contribution is 5.75. The summed E-state index contributed by atoms with van der Waals surface area (Å²) in [5.41, 5.74) is 1.13. The third-order valence-electron chi connectivity index (χ3n) is 6.34. The van der Waals surface area contributed by atoms with Crippen LogP contribution in [0, 0.1) is 11.7 Å². The van der Waals surface area contributed by atoms with E-state index >= 15 is 0 Å². The fraction of sp³-hybridized carbons (Fsp3) is 0.292. The summed E-state index contributed by atoms with van der Waals surface area (Å²) in [5, 5.41) is 12.2. The minimum atomic E-state index is -4.52. The first-order valence-corrected chi connectivity index (χ1v) is 10.5. The molecule has 0 radical (unpaired) electrons. The van der Waals surface area contributed by atoms with E-state index in [0.717, 1.165) is 6.07 Å². The summed E-state index contributed by atoms with van der Waals surface area (Å²) in [6.07, 6.45) is -0.0962. The molecule has 2 N–H and O–H groups in total. The molecule has 5 nitrogen and oxygen atoms in total. The summed E-state index contributed by atoms with van der Waals surface area (Å²) in [5.74, 6) is -1.54. The summed E-state index contributed by atoms with van der Waals surface area (Å²) in [6.45, 7) is 0. The largest absolute Gasteiger partial charge is 0.481 e. The first-order valence-electron chi connectivity index (χ1n) is 10.5. The lowest BCUT2D eigenvalue weighted by Gasteiger charge is -2.18. The van der Waals surface area contributed by atoms with Crippen molar-refractivity contribution >= 4 is 11.8 Å². The number of halogens is 4. The lowest BCUT2D eigenvalue weighted by atomic mass is 9.92. The second-order valence-corrected chi connectivity index (χ2v) is 8.38. The van der Waals surface area contributed by atoms with Gasteiger partial charge in [-0.2, -0.15) is 13.2 Å². The van der Waals surface area contributed by atoms with Gasteiger partial charge in [-0.15, -0.1) is 0 Å².